The van der Waals surface area contributed by atoms with E-state index >= 15 is 0 Å². The molecule has 2 aliphatic heterocycles. The van der Waals surface area contributed by atoms with Crippen LogP contribution in [-0.4, -0.2) is 45.0 Å². The summed E-state index contributed by atoms with van der Waals surface area (Å²) >= 11 is 0. The van der Waals surface area contributed by atoms with E-state index in [2.05, 4.69) is 91.2 Å². The summed E-state index contributed by atoms with van der Waals surface area (Å²) in [5.41, 5.74) is 0.891. The highest BCUT2D eigenvalue weighted by molar-refractivity contribution is 5.06. The van der Waals surface area contributed by atoms with Crippen molar-refractivity contribution in [1.29, 1.82) is 0 Å². The highest BCUT2D eigenvalue weighted by atomic mass is 16.5. The molecular weight excluding hydrogens is 452 g/mol. The quantitative estimate of drug-likeness (QED) is 0.169. The standard InChI is InChI=1S/C34H64N2O/c1-11-13-15-17-21-35-31(3,4)25-29(26-32(35,5)6)19-23-37-24-20-30-27-33(7,8)36(34(9,10)28-30)22-18-16-14-12-2/h19-20,23-24,29-30H,11-18,21-22,25-28H2,1-10H3. The summed E-state index contributed by atoms with van der Waals surface area (Å²) in [5.74, 6) is 1.14. The molecule has 0 atom stereocenters. The number of hydrogen-bond donors (Lipinski definition) is 0. The van der Waals surface area contributed by atoms with Crippen LogP contribution in [0.15, 0.2) is 24.7 Å². The molecule has 2 fully saturated rings. The van der Waals surface area contributed by atoms with Gasteiger partial charge in [0.2, 0.25) is 0 Å². The minimum atomic E-state index is 0.223. The number of rotatable bonds is 14. The molecule has 0 unspecified atom stereocenters. The Morgan fingerprint density at radius 3 is 1.16 bits per heavy atom. The number of hydrogen-bond acceptors (Lipinski definition) is 3. The first-order valence-corrected chi connectivity index (χ1v) is 15.8. The third kappa shape index (κ3) is 9.71. The second-order valence-electron chi connectivity index (χ2n) is 14.8. The zero-order chi connectivity index (χ0) is 27.7. The van der Waals surface area contributed by atoms with Gasteiger partial charge in [-0.25, -0.2) is 0 Å². The number of allylic oxidation sites excluding steroid dienone is 2. The SMILES string of the molecule is CCCCCCN1C(C)(C)CC(C=COC=CC2CC(C)(C)N(CCCCCC)C(C)(C)C2)CC1(C)C. The lowest BCUT2D eigenvalue weighted by atomic mass is 9.73. The van der Waals surface area contributed by atoms with Crippen LogP contribution in [-0.2, 0) is 4.74 Å². The first kappa shape index (κ1) is 32.4. The Morgan fingerprint density at radius 1 is 0.541 bits per heavy atom. The van der Waals surface area contributed by atoms with Crippen LogP contribution in [0, 0.1) is 11.8 Å². The molecule has 3 nitrogen and oxygen atoms in total. The number of ether oxygens (including phenoxy) is 1. The third-order valence-corrected chi connectivity index (χ3v) is 9.30. The molecule has 0 radical (unpaired) electrons. The fourth-order valence-corrected chi connectivity index (χ4v) is 8.02. The second-order valence-corrected chi connectivity index (χ2v) is 14.8. The lowest BCUT2D eigenvalue weighted by Gasteiger charge is -2.55. The largest absolute Gasteiger partial charge is 0.473 e. The molecule has 0 amide bonds. The van der Waals surface area contributed by atoms with E-state index in [1.54, 1.807) is 0 Å². The van der Waals surface area contributed by atoms with Crippen LogP contribution in [0.3, 0.4) is 0 Å². The number of unbranched alkanes of at least 4 members (excludes halogenated alkanes) is 6. The van der Waals surface area contributed by atoms with Crippen LogP contribution in [0.2, 0.25) is 0 Å². The number of likely N-dealkylation sites (tertiary alicyclic amines) is 2. The lowest BCUT2D eigenvalue weighted by Crippen LogP contribution is -2.60. The van der Waals surface area contributed by atoms with E-state index in [1.807, 2.05) is 12.5 Å². The van der Waals surface area contributed by atoms with Crippen molar-refractivity contribution in [2.45, 2.75) is 168 Å². The topological polar surface area (TPSA) is 15.7 Å². The van der Waals surface area contributed by atoms with Crippen molar-refractivity contribution in [3.05, 3.63) is 24.7 Å². The highest BCUT2D eigenvalue weighted by Gasteiger charge is 2.45. The predicted molar refractivity (Wildman–Crippen MR) is 163 cm³/mol. The van der Waals surface area contributed by atoms with Gasteiger partial charge in [-0.2, -0.15) is 0 Å². The van der Waals surface area contributed by atoms with Gasteiger partial charge in [-0.3, -0.25) is 9.80 Å². The van der Waals surface area contributed by atoms with Gasteiger partial charge in [-0.1, -0.05) is 52.4 Å². The van der Waals surface area contributed by atoms with Crippen molar-refractivity contribution in [3.63, 3.8) is 0 Å². The van der Waals surface area contributed by atoms with Crippen molar-refractivity contribution >= 4 is 0 Å². The van der Waals surface area contributed by atoms with E-state index in [1.165, 1.54) is 90.1 Å². The molecule has 216 valence electrons. The molecule has 2 rings (SSSR count). The Morgan fingerprint density at radius 2 is 0.865 bits per heavy atom. The van der Waals surface area contributed by atoms with Crippen molar-refractivity contribution in [1.82, 2.24) is 9.80 Å². The third-order valence-electron chi connectivity index (χ3n) is 9.30. The molecule has 0 aromatic heterocycles. The summed E-state index contributed by atoms with van der Waals surface area (Å²) in [7, 11) is 0. The highest BCUT2D eigenvalue weighted by Crippen LogP contribution is 2.43. The molecule has 2 aliphatic rings. The first-order chi connectivity index (χ1) is 17.2. The minimum absolute atomic E-state index is 0.223. The summed E-state index contributed by atoms with van der Waals surface area (Å²) < 4.78 is 5.96. The Kier molecular flexibility index (Phi) is 12.3. The molecule has 0 bridgehead atoms. The molecule has 3 heteroatoms. The molecule has 0 N–H and O–H groups in total. The van der Waals surface area contributed by atoms with Crippen LogP contribution in [0.25, 0.3) is 0 Å². The van der Waals surface area contributed by atoms with Gasteiger partial charge in [0.15, 0.2) is 0 Å². The van der Waals surface area contributed by atoms with Gasteiger partial charge in [0, 0.05) is 22.2 Å². The van der Waals surface area contributed by atoms with Crippen molar-refractivity contribution in [2.24, 2.45) is 11.8 Å². The Bertz CT molecular complexity index is 621. The number of nitrogens with zero attached hydrogens (tertiary/aromatic N) is 2. The summed E-state index contributed by atoms with van der Waals surface area (Å²) in [6.07, 6.45) is 24.1. The summed E-state index contributed by atoms with van der Waals surface area (Å²) in [4.78, 5) is 5.56. The van der Waals surface area contributed by atoms with E-state index in [0.717, 1.165) is 0 Å². The molecule has 0 spiro atoms. The minimum Gasteiger partial charge on any atom is -0.473 e. The van der Waals surface area contributed by atoms with E-state index in [0.29, 0.717) is 11.8 Å². The molecule has 0 aromatic carbocycles. The summed E-state index contributed by atoms with van der Waals surface area (Å²) in [5, 5.41) is 0. The van der Waals surface area contributed by atoms with Gasteiger partial charge < -0.3 is 4.74 Å². The molecule has 37 heavy (non-hydrogen) atoms. The maximum absolute atomic E-state index is 5.96. The fraction of sp³-hybridized carbons (Fsp3) is 0.882. The van der Waals surface area contributed by atoms with Crippen molar-refractivity contribution in [3.8, 4) is 0 Å². The smallest absolute Gasteiger partial charge is 0.0864 e. The van der Waals surface area contributed by atoms with Gasteiger partial charge in [0.25, 0.3) is 0 Å². The molecular formula is C34H64N2O. The summed E-state index contributed by atoms with van der Waals surface area (Å²) in [6.45, 7) is 26.6. The van der Waals surface area contributed by atoms with Gasteiger partial charge in [-0.05, 0) is 131 Å². The molecule has 0 aromatic rings. The van der Waals surface area contributed by atoms with Gasteiger partial charge in [-0.15, -0.1) is 0 Å². The zero-order valence-corrected chi connectivity index (χ0v) is 26.7. The average Bonchev–Trinajstić information content (AvgIpc) is 2.75. The van der Waals surface area contributed by atoms with Crippen molar-refractivity contribution in [2.75, 3.05) is 13.1 Å². The van der Waals surface area contributed by atoms with E-state index in [-0.39, 0.29) is 22.2 Å². The van der Waals surface area contributed by atoms with Gasteiger partial charge >= 0.3 is 0 Å². The predicted octanol–water partition coefficient (Wildman–Crippen LogP) is 9.73. The first-order valence-electron chi connectivity index (χ1n) is 15.8. The van der Waals surface area contributed by atoms with Crippen LogP contribution >= 0.6 is 0 Å². The van der Waals surface area contributed by atoms with Crippen LogP contribution in [0.4, 0.5) is 0 Å². The Balaban J connectivity index is 1.88. The van der Waals surface area contributed by atoms with E-state index < -0.39 is 0 Å². The molecule has 0 aliphatic carbocycles. The molecule has 2 saturated heterocycles. The second kappa shape index (κ2) is 14.0. The normalized spacial score (nSPS) is 24.8. The van der Waals surface area contributed by atoms with Crippen LogP contribution < -0.4 is 0 Å². The van der Waals surface area contributed by atoms with Gasteiger partial charge in [0.05, 0.1) is 12.5 Å². The Hall–Kier alpha value is -0.800. The summed E-state index contributed by atoms with van der Waals surface area (Å²) in [6, 6.07) is 0. The Labute approximate surface area is 232 Å². The van der Waals surface area contributed by atoms with E-state index in [4.69, 9.17) is 4.74 Å². The van der Waals surface area contributed by atoms with Crippen LogP contribution in [0.5, 0.6) is 0 Å². The fourth-order valence-electron chi connectivity index (χ4n) is 8.02. The van der Waals surface area contributed by atoms with E-state index in [9.17, 15) is 0 Å². The van der Waals surface area contributed by atoms with Gasteiger partial charge in [0.1, 0.15) is 0 Å². The maximum atomic E-state index is 5.96. The van der Waals surface area contributed by atoms with Crippen LogP contribution in [0.1, 0.15) is 146 Å². The monoisotopic (exact) mass is 517 g/mol. The average molecular weight is 517 g/mol. The lowest BCUT2D eigenvalue weighted by molar-refractivity contribution is -0.0433. The number of piperidine rings is 2. The molecule has 0 saturated carbocycles. The van der Waals surface area contributed by atoms with Crippen molar-refractivity contribution < 1.29 is 4.74 Å². The maximum Gasteiger partial charge on any atom is 0.0864 e. The zero-order valence-electron chi connectivity index (χ0n) is 26.7. The molecule has 2 heterocycles.